The van der Waals surface area contributed by atoms with Gasteiger partial charge < -0.3 is 63.8 Å². The largest absolute Gasteiger partial charge is 0.394 e. The topological polar surface area (TPSA) is 186 Å². The molecule has 0 aromatic rings. The molecule has 0 aromatic heterocycles. The summed E-state index contributed by atoms with van der Waals surface area (Å²) in [6.07, 6.45) is -13.3. The maximum absolute atomic E-state index is 10.3. The van der Waals surface area contributed by atoms with Crippen LogP contribution in [-0.4, -0.2) is 138 Å². The molecule has 3 fully saturated rings. The monoisotopic (exact) mass is 442 g/mol. The summed E-state index contributed by atoms with van der Waals surface area (Å²) < 4.78 is 37.4. The van der Waals surface area contributed by atoms with E-state index < -0.39 is 80.4 Å². The summed E-state index contributed by atoms with van der Waals surface area (Å²) in [7, 11) is 2.70. The minimum atomic E-state index is -1.58. The number of aliphatic hydroxyl groups excluding tert-OH is 6. The van der Waals surface area contributed by atoms with Gasteiger partial charge in [0.2, 0.25) is 0 Å². The van der Waals surface area contributed by atoms with Gasteiger partial charge in [0, 0.05) is 14.2 Å². The van der Waals surface area contributed by atoms with Gasteiger partial charge in [0.25, 0.3) is 0 Å². The molecule has 3 rings (SSSR count). The average molecular weight is 442 g/mol. The Labute approximate surface area is 172 Å². The average Bonchev–Trinajstić information content (AvgIpc) is 3.32. The summed E-state index contributed by atoms with van der Waals surface area (Å²) in [4.78, 5) is 0. The summed E-state index contributed by atoms with van der Waals surface area (Å²) in [6, 6.07) is 0. The highest BCUT2D eigenvalue weighted by Crippen LogP contribution is 2.31. The van der Waals surface area contributed by atoms with E-state index in [4.69, 9.17) is 33.2 Å². The SMILES string of the molecule is CO[C@H]1[C@H](O)[C@@H](OC[C@H]2O[C@H](O)[C@@H](O)[C@@H]2O[C@H]2O[C@H](CO)[C@@H](OC)[C@@H]2O)O[C@@H]1CO. The predicted octanol–water partition coefficient (Wildman–Crippen LogP) is -4.35. The molecule has 0 radical (unpaired) electrons. The Morgan fingerprint density at radius 2 is 1.20 bits per heavy atom. The van der Waals surface area contributed by atoms with Crippen molar-refractivity contribution in [1.82, 2.24) is 0 Å². The van der Waals surface area contributed by atoms with E-state index in [0.717, 1.165) is 0 Å². The summed E-state index contributed by atoms with van der Waals surface area (Å²) in [5.41, 5.74) is 0. The number of hydrogen-bond donors (Lipinski definition) is 6. The van der Waals surface area contributed by atoms with E-state index in [-0.39, 0.29) is 13.2 Å². The molecule has 0 saturated carbocycles. The van der Waals surface area contributed by atoms with E-state index in [1.165, 1.54) is 14.2 Å². The first kappa shape index (κ1) is 24.1. The molecular weight excluding hydrogens is 412 g/mol. The number of ether oxygens (including phenoxy) is 7. The van der Waals surface area contributed by atoms with Crippen LogP contribution in [0.2, 0.25) is 0 Å². The molecule has 0 aromatic carbocycles. The van der Waals surface area contributed by atoms with E-state index in [1.807, 2.05) is 0 Å². The van der Waals surface area contributed by atoms with Crippen molar-refractivity contribution in [3.63, 3.8) is 0 Å². The Bertz CT molecular complexity index is 538. The van der Waals surface area contributed by atoms with E-state index >= 15 is 0 Å². The molecular formula is C17H30O13. The van der Waals surface area contributed by atoms with Crippen LogP contribution in [0, 0.1) is 0 Å². The second-order valence-electron chi connectivity index (χ2n) is 7.32. The zero-order valence-electron chi connectivity index (χ0n) is 16.6. The van der Waals surface area contributed by atoms with Gasteiger partial charge in [0.1, 0.15) is 54.9 Å². The third kappa shape index (κ3) is 4.63. The fourth-order valence-electron chi connectivity index (χ4n) is 3.90. The van der Waals surface area contributed by atoms with Crippen LogP contribution in [0.3, 0.4) is 0 Å². The molecule has 0 spiro atoms. The smallest absolute Gasteiger partial charge is 0.187 e. The highest BCUT2D eigenvalue weighted by molar-refractivity contribution is 4.93. The van der Waals surface area contributed by atoms with Crippen molar-refractivity contribution in [3.05, 3.63) is 0 Å². The normalized spacial score (nSPS) is 49.2. The van der Waals surface area contributed by atoms with Crippen LogP contribution in [0.15, 0.2) is 0 Å². The molecule has 176 valence electrons. The zero-order chi connectivity index (χ0) is 22.0. The number of aliphatic hydroxyl groups is 6. The molecule has 6 N–H and O–H groups in total. The lowest BCUT2D eigenvalue weighted by atomic mass is 10.1. The Kier molecular flexibility index (Phi) is 8.36. The highest BCUT2D eigenvalue weighted by atomic mass is 16.8. The Balaban J connectivity index is 1.61. The summed E-state index contributed by atoms with van der Waals surface area (Å²) in [5.74, 6) is 0. The van der Waals surface area contributed by atoms with Crippen LogP contribution in [0.1, 0.15) is 0 Å². The van der Waals surface area contributed by atoms with E-state index in [9.17, 15) is 30.6 Å². The number of methoxy groups -OCH3 is 2. The number of rotatable bonds is 9. The molecule has 3 aliphatic heterocycles. The molecule has 0 bridgehead atoms. The van der Waals surface area contributed by atoms with Gasteiger partial charge in [-0.1, -0.05) is 0 Å². The van der Waals surface area contributed by atoms with Crippen molar-refractivity contribution in [2.75, 3.05) is 34.0 Å². The summed E-state index contributed by atoms with van der Waals surface area (Å²) in [5, 5.41) is 59.3. The third-order valence-electron chi connectivity index (χ3n) is 5.51. The Hall–Kier alpha value is -0.520. The van der Waals surface area contributed by atoms with Crippen LogP contribution in [0.25, 0.3) is 0 Å². The molecule has 30 heavy (non-hydrogen) atoms. The van der Waals surface area contributed by atoms with Crippen molar-refractivity contribution in [3.8, 4) is 0 Å². The maximum atomic E-state index is 10.3. The van der Waals surface area contributed by atoms with Gasteiger partial charge in [-0.3, -0.25) is 0 Å². The Morgan fingerprint density at radius 1 is 0.667 bits per heavy atom. The third-order valence-corrected chi connectivity index (χ3v) is 5.51. The van der Waals surface area contributed by atoms with Gasteiger partial charge in [-0.05, 0) is 0 Å². The van der Waals surface area contributed by atoms with E-state index in [1.54, 1.807) is 0 Å². The quantitative estimate of drug-likeness (QED) is 0.201. The molecule has 12 atom stereocenters. The predicted molar refractivity (Wildman–Crippen MR) is 92.8 cm³/mol. The zero-order valence-corrected chi connectivity index (χ0v) is 16.6. The molecule has 3 saturated heterocycles. The molecule has 3 aliphatic rings. The van der Waals surface area contributed by atoms with Gasteiger partial charge >= 0.3 is 0 Å². The summed E-state index contributed by atoms with van der Waals surface area (Å²) in [6.45, 7) is -1.07. The van der Waals surface area contributed by atoms with Gasteiger partial charge in [-0.2, -0.15) is 0 Å². The van der Waals surface area contributed by atoms with Gasteiger partial charge in [-0.25, -0.2) is 0 Å². The molecule has 3 heterocycles. The fourth-order valence-corrected chi connectivity index (χ4v) is 3.90. The molecule has 13 heteroatoms. The van der Waals surface area contributed by atoms with Crippen LogP contribution in [0.5, 0.6) is 0 Å². The van der Waals surface area contributed by atoms with Crippen molar-refractivity contribution < 1.29 is 63.8 Å². The summed E-state index contributed by atoms with van der Waals surface area (Å²) >= 11 is 0. The second-order valence-corrected chi connectivity index (χ2v) is 7.32. The van der Waals surface area contributed by atoms with Gasteiger partial charge in [-0.15, -0.1) is 0 Å². The van der Waals surface area contributed by atoms with E-state index in [0.29, 0.717) is 0 Å². The molecule has 0 aliphatic carbocycles. The molecule has 13 nitrogen and oxygen atoms in total. The molecule has 0 amide bonds. The second kappa shape index (κ2) is 10.4. The van der Waals surface area contributed by atoms with Crippen LogP contribution >= 0.6 is 0 Å². The Morgan fingerprint density at radius 3 is 1.70 bits per heavy atom. The molecule has 0 unspecified atom stereocenters. The maximum Gasteiger partial charge on any atom is 0.187 e. The van der Waals surface area contributed by atoms with E-state index in [2.05, 4.69) is 0 Å². The first-order chi connectivity index (χ1) is 14.4. The lowest BCUT2D eigenvalue weighted by Crippen LogP contribution is -2.44. The van der Waals surface area contributed by atoms with Crippen LogP contribution in [0.4, 0.5) is 0 Å². The van der Waals surface area contributed by atoms with Crippen molar-refractivity contribution >= 4 is 0 Å². The van der Waals surface area contributed by atoms with Gasteiger partial charge in [0.05, 0.1) is 19.8 Å². The van der Waals surface area contributed by atoms with Crippen molar-refractivity contribution in [2.24, 2.45) is 0 Å². The van der Waals surface area contributed by atoms with Crippen molar-refractivity contribution in [2.45, 2.75) is 73.8 Å². The van der Waals surface area contributed by atoms with Gasteiger partial charge in [0.15, 0.2) is 18.9 Å². The minimum Gasteiger partial charge on any atom is -0.394 e. The lowest BCUT2D eigenvalue weighted by Gasteiger charge is -2.26. The first-order valence-corrected chi connectivity index (χ1v) is 9.59. The fraction of sp³-hybridized carbons (Fsp3) is 1.00. The highest BCUT2D eigenvalue weighted by Gasteiger charge is 2.51. The van der Waals surface area contributed by atoms with Crippen LogP contribution < -0.4 is 0 Å². The minimum absolute atomic E-state index is 0.269. The number of hydrogen-bond acceptors (Lipinski definition) is 13. The lowest BCUT2D eigenvalue weighted by molar-refractivity contribution is -0.227. The first-order valence-electron chi connectivity index (χ1n) is 9.59. The standard InChI is InChI=1S/C17H30O13/c1-24-12-6(3-18)28-16(10(12)21)26-5-8-14(9(20)15(23)27-8)30-17-11(22)13(25-2)7(4-19)29-17/h6-23H,3-5H2,1-2H3/t6-,7-,8-,9+,10+,11+,12-,13-,14-,15+,16+,17-/m1/s1. The van der Waals surface area contributed by atoms with Crippen molar-refractivity contribution in [1.29, 1.82) is 0 Å². The van der Waals surface area contributed by atoms with Crippen LogP contribution in [-0.2, 0) is 33.2 Å².